The minimum atomic E-state index is -3.21. The summed E-state index contributed by atoms with van der Waals surface area (Å²) in [4.78, 5) is 2.41. The van der Waals surface area contributed by atoms with Gasteiger partial charge < -0.3 is 4.57 Å². The van der Waals surface area contributed by atoms with E-state index in [0.717, 1.165) is 10.2 Å². The molecule has 0 N–H and O–H groups in total. The minimum absolute atomic E-state index is 0.124. The summed E-state index contributed by atoms with van der Waals surface area (Å²) in [6.07, 6.45) is 1.99. The van der Waals surface area contributed by atoms with Gasteiger partial charge in [-0.05, 0) is 41.2 Å². The standard InChI is InChI=1S/C15H19BrN2O2S/c1-17(12-14-10-13(16)11-18(14)2)8-9-21(19,20)15-6-4-3-5-7-15/h3-7,10-11H,8-9,12H2,1-2H3. The first-order valence-corrected chi connectivity index (χ1v) is 9.10. The van der Waals surface area contributed by atoms with Gasteiger partial charge in [0.25, 0.3) is 0 Å². The van der Waals surface area contributed by atoms with Crippen LogP contribution in [0.1, 0.15) is 5.69 Å². The third-order valence-electron chi connectivity index (χ3n) is 3.35. The maximum atomic E-state index is 12.2. The zero-order valence-corrected chi connectivity index (χ0v) is 14.6. The van der Waals surface area contributed by atoms with E-state index in [4.69, 9.17) is 0 Å². The van der Waals surface area contributed by atoms with Crippen molar-refractivity contribution in [3.8, 4) is 0 Å². The highest BCUT2D eigenvalue weighted by molar-refractivity contribution is 9.10. The molecular weight excluding hydrogens is 352 g/mol. The summed E-state index contributed by atoms with van der Waals surface area (Å²) < 4.78 is 27.5. The second-order valence-electron chi connectivity index (χ2n) is 5.13. The first kappa shape index (κ1) is 16.3. The highest BCUT2D eigenvalue weighted by Crippen LogP contribution is 2.15. The van der Waals surface area contributed by atoms with Crippen LogP contribution in [0.2, 0.25) is 0 Å². The summed E-state index contributed by atoms with van der Waals surface area (Å²) in [5.41, 5.74) is 1.14. The van der Waals surface area contributed by atoms with Crippen molar-refractivity contribution in [3.63, 3.8) is 0 Å². The van der Waals surface area contributed by atoms with Crippen molar-refractivity contribution >= 4 is 25.8 Å². The zero-order chi connectivity index (χ0) is 15.5. The van der Waals surface area contributed by atoms with Gasteiger partial charge in [0.15, 0.2) is 9.84 Å². The predicted octanol–water partition coefficient (Wildman–Crippen LogP) is 2.69. The lowest BCUT2D eigenvalue weighted by Crippen LogP contribution is -2.26. The Morgan fingerprint density at radius 2 is 1.90 bits per heavy atom. The number of benzene rings is 1. The molecule has 1 aromatic heterocycles. The van der Waals surface area contributed by atoms with Crippen LogP contribution in [0.4, 0.5) is 0 Å². The highest BCUT2D eigenvalue weighted by atomic mass is 79.9. The number of hydrogen-bond donors (Lipinski definition) is 0. The van der Waals surface area contributed by atoms with E-state index in [0.29, 0.717) is 18.0 Å². The van der Waals surface area contributed by atoms with Crippen molar-refractivity contribution in [2.75, 3.05) is 19.3 Å². The van der Waals surface area contributed by atoms with E-state index < -0.39 is 9.84 Å². The number of rotatable bonds is 6. The van der Waals surface area contributed by atoms with Gasteiger partial charge in [-0.15, -0.1) is 0 Å². The summed E-state index contributed by atoms with van der Waals surface area (Å²) in [5.74, 6) is 0.124. The Morgan fingerprint density at radius 1 is 1.24 bits per heavy atom. The van der Waals surface area contributed by atoms with Crippen LogP contribution >= 0.6 is 15.9 Å². The molecule has 0 atom stereocenters. The van der Waals surface area contributed by atoms with Crippen molar-refractivity contribution < 1.29 is 8.42 Å². The molecule has 114 valence electrons. The average Bonchev–Trinajstić information content (AvgIpc) is 2.76. The zero-order valence-electron chi connectivity index (χ0n) is 12.2. The molecule has 4 nitrogen and oxygen atoms in total. The Morgan fingerprint density at radius 3 is 2.48 bits per heavy atom. The molecule has 0 radical (unpaired) electrons. The van der Waals surface area contributed by atoms with Gasteiger partial charge >= 0.3 is 0 Å². The Labute approximate surface area is 134 Å². The molecule has 21 heavy (non-hydrogen) atoms. The lowest BCUT2D eigenvalue weighted by Gasteiger charge is -2.17. The maximum Gasteiger partial charge on any atom is 0.179 e. The number of hydrogen-bond acceptors (Lipinski definition) is 3. The van der Waals surface area contributed by atoms with E-state index in [-0.39, 0.29) is 5.75 Å². The van der Waals surface area contributed by atoms with Gasteiger partial charge in [0, 0.05) is 36.5 Å². The van der Waals surface area contributed by atoms with Crippen molar-refractivity contribution in [1.29, 1.82) is 0 Å². The quantitative estimate of drug-likeness (QED) is 0.784. The molecule has 1 aromatic carbocycles. The smallest absolute Gasteiger partial charge is 0.179 e. The normalized spacial score (nSPS) is 12.0. The predicted molar refractivity (Wildman–Crippen MR) is 87.9 cm³/mol. The van der Waals surface area contributed by atoms with E-state index >= 15 is 0 Å². The van der Waals surface area contributed by atoms with Crippen LogP contribution in [-0.4, -0.2) is 37.2 Å². The first-order chi connectivity index (χ1) is 9.88. The van der Waals surface area contributed by atoms with E-state index in [1.54, 1.807) is 24.3 Å². The topological polar surface area (TPSA) is 42.3 Å². The van der Waals surface area contributed by atoms with Crippen LogP contribution in [-0.2, 0) is 23.4 Å². The second-order valence-corrected chi connectivity index (χ2v) is 8.16. The van der Waals surface area contributed by atoms with Crippen LogP contribution in [0.25, 0.3) is 0 Å². The van der Waals surface area contributed by atoms with Crippen LogP contribution in [0, 0.1) is 0 Å². The third-order valence-corrected chi connectivity index (χ3v) is 5.49. The van der Waals surface area contributed by atoms with Gasteiger partial charge in [-0.25, -0.2) is 8.42 Å². The second kappa shape index (κ2) is 6.77. The summed E-state index contributed by atoms with van der Waals surface area (Å²) in [7, 11) is 0.702. The van der Waals surface area contributed by atoms with Crippen LogP contribution in [0.5, 0.6) is 0 Å². The number of aryl methyl sites for hydroxylation is 1. The van der Waals surface area contributed by atoms with E-state index in [2.05, 4.69) is 15.9 Å². The summed E-state index contributed by atoms with van der Waals surface area (Å²) in [5, 5.41) is 0. The lowest BCUT2D eigenvalue weighted by atomic mass is 10.4. The number of nitrogens with zero attached hydrogens (tertiary/aromatic N) is 2. The maximum absolute atomic E-state index is 12.2. The van der Waals surface area contributed by atoms with Crippen molar-refractivity contribution in [2.24, 2.45) is 7.05 Å². The fraction of sp³-hybridized carbons (Fsp3) is 0.333. The minimum Gasteiger partial charge on any atom is -0.352 e. The monoisotopic (exact) mass is 370 g/mol. The SMILES string of the molecule is CN(CCS(=O)(=O)c1ccccc1)Cc1cc(Br)cn1C. The molecule has 0 saturated heterocycles. The molecule has 0 unspecified atom stereocenters. The molecule has 1 heterocycles. The molecular formula is C15H19BrN2O2S. The van der Waals surface area contributed by atoms with E-state index in [9.17, 15) is 8.42 Å². The molecule has 2 aromatic rings. The van der Waals surface area contributed by atoms with Gasteiger partial charge in [-0.2, -0.15) is 0 Å². The molecule has 2 rings (SSSR count). The van der Waals surface area contributed by atoms with E-state index in [1.807, 2.05) is 41.9 Å². The third kappa shape index (κ3) is 4.43. The van der Waals surface area contributed by atoms with Crippen LogP contribution in [0.3, 0.4) is 0 Å². The largest absolute Gasteiger partial charge is 0.352 e. The molecule has 0 spiro atoms. The van der Waals surface area contributed by atoms with Gasteiger partial charge in [0.05, 0.1) is 10.6 Å². The summed E-state index contributed by atoms with van der Waals surface area (Å²) in [6.45, 7) is 1.21. The molecule has 0 aliphatic carbocycles. The number of halogens is 1. The van der Waals surface area contributed by atoms with Crippen molar-refractivity contribution in [1.82, 2.24) is 9.47 Å². The van der Waals surface area contributed by atoms with Crippen LogP contribution in [0.15, 0.2) is 52.0 Å². The molecule has 6 heteroatoms. The average molecular weight is 371 g/mol. The molecule has 0 fully saturated rings. The highest BCUT2D eigenvalue weighted by Gasteiger charge is 2.15. The Bertz CT molecular complexity index is 696. The van der Waals surface area contributed by atoms with Crippen molar-refractivity contribution in [3.05, 3.63) is 52.8 Å². The van der Waals surface area contributed by atoms with E-state index in [1.165, 1.54) is 0 Å². The fourth-order valence-electron chi connectivity index (χ4n) is 2.10. The molecule has 0 aliphatic heterocycles. The van der Waals surface area contributed by atoms with Gasteiger partial charge in [-0.1, -0.05) is 18.2 Å². The lowest BCUT2D eigenvalue weighted by molar-refractivity contribution is 0.337. The van der Waals surface area contributed by atoms with Gasteiger partial charge in [0.2, 0.25) is 0 Å². The number of sulfone groups is 1. The molecule has 0 amide bonds. The summed E-state index contributed by atoms with van der Waals surface area (Å²) >= 11 is 3.44. The fourth-order valence-corrected chi connectivity index (χ4v) is 4.03. The van der Waals surface area contributed by atoms with Crippen molar-refractivity contribution in [2.45, 2.75) is 11.4 Å². The Kier molecular flexibility index (Phi) is 5.24. The number of aromatic nitrogens is 1. The van der Waals surface area contributed by atoms with Gasteiger partial charge in [-0.3, -0.25) is 4.90 Å². The van der Waals surface area contributed by atoms with Crippen LogP contribution < -0.4 is 0 Å². The molecule has 0 aliphatic rings. The summed E-state index contributed by atoms with van der Waals surface area (Å²) in [6, 6.07) is 10.6. The Hall–Kier alpha value is -1.11. The first-order valence-electron chi connectivity index (χ1n) is 6.65. The molecule has 0 bridgehead atoms. The molecule has 0 saturated carbocycles. The Balaban J connectivity index is 1.95. The van der Waals surface area contributed by atoms with Gasteiger partial charge in [0.1, 0.15) is 0 Å².